The molecule has 1 atom stereocenters. The predicted molar refractivity (Wildman–Crippen MR) is 84.6 cm³/mol. The van der Waals surface area contributed by atoms with Gasteiger partial charge in [-0.05, 0) is 45.0 Å². The Kier molecular flexibility index (Phi) is 6.80. The van der Waals surface area contributed by atoms with Crippen molar-refractivity contribution in [1.82, 2.24) is 9.62 Å². The van der Waals surface area contributed by atoms with Gasteiger partial charge in [-0.2, -0.15) is 4.31 Å². The molecule has 2 N–H and O–H groups in total. The minimum atomic E-state index is -3.56. The smallest absolute Gasteiger partial charge is 0.243 e. The molecular formula is C15H26N2O3S. The fraction of sp³-hybridized carbons (Fsp3) is 0.600. The normalized spacial score (nSPS) is 13.9. The van der Waals surface area contributed by atoms with Crippen LogP contribution in [0.1, 0.15) is 39.3 Å². The van der Waals surface area contributed by atoms with Crippen molar-refractivity contribution in [2.75, 3.05) is 19.7 Å². The summed E-state index contributed by atoms with van der Waals surface area (Å²) in [6.45, 7) is 8.45. The van der Waals surface area contributed by atoms with Gasteiger partial charge in [0.15, 0.2) is 0 Å². The number of nitrogens with zero attached hydrogens (tertiary/aromatic N) is 1. The van der Waals surface area contributed by atoms with Gasteiger partial charge in [-0.15, -0.1) is 0 Å². The van der Waals surface area contributed by atoms with E-state index in [1.807, 2.05) is 26.0 Å². The van der Waals surface area contributed by atoms with Gasteiger partial charge in [0.2, 0.25) is 10.0 Å². The highest BCUT2D eigenvalue weighted by molar-refractivity contribution is 7.89. The summed E-state index contributed by atoms with van der Waals surface area (Å²) < 4.78 is 26.5. The summed E-state index contributed by atoms with van der Waals surface area (Å²) in [6.07, 6.45) is 0. The SMILES string of the molecule is CCNC(C)c1ccc(S(=O)(=O)N(CCO)C(C)C)cc1. The topological polar surface area (TPSA) is 69.6 Å². The molecule has 0 amide bonds. The number of hydrogen-bond acceptors (Lipinski definition) is 4. The molecule has 1 rings (SSSR count). The maximum Gasteiger partial charge on any atom is 0.243 e. The molecule has 6 heteroatoms. The highest BCUT2D eigenvalue weighted by Crippen LogP contribution is 2.20. The van der Waals surface area contributed by atoms with E-state index in [2.05, 4.69) is 5.32 Å². The number of aliphatic hydroxyl groups is 1. The summed E-state index contributed by atoms with van der Waals surface area (Å²) in [5, 5.41) is 12.3. The zero-order valence-corrected chi connectivity index (χ0v) is 14.0. The van der Waals surface area contributed by atoms with Gasteiger partial charge in [-0.1, -0.05) is 19.1 Å². The summed E-state index contributed by atoms with van der Waals surface area (Å²) in [7, 11) is -3.56. The molecule has 0 aliphatic carbocycles. The maximum absolute atomic E-state index is 12.6. The van der Waals surface area contributed by atoms with Crippen molar-refractivity contribution in [3.63, 3.8) is 0 Å². The quantitative estimate of drug-likeness (QED) is 0.767. The fourth-order valence-corrected chi connectivity index (χ4v) is 3.87. The van der Waals surface area contributed by atoms with Gasteiger partial charge in [0.1, 0.15) is 0 Å². The summed E-state index contributed by atoms with van der Waals surface area (Å²) in [5.41, 5.74) is 1.05. The van der Waals surface area contributed by atoms with Crippen molar-refractivity contribution in [2.24, 2.45) is 0 Å². The summed E-state index contributed by atoms with van der Waals surface area (Å²) in [4.78, 5) is 0.261. The number of hydrogen-bond donors (Lipinski definition) is 2. The number of rotatable bonds is 8. The molecule has 0 aliphatic rings. The Labute approximate surface area is 128 Å². The second-order valence-electron chi connectivity index (χ2n) is 5.28. The molecule has 0 aromatic heterocycles. The number of benzene rings is 1. The number of aliphatic hydroxyl groups excluding tert-OH is 1. The molecule has 0 spiro atoms. The lowest BCUT2D eigenvalue weighted by molar-refractivity contribution is 0.236. The average molecular weight is 314 g/mol. The molecule has 0 saturated carbocycles. The van der Waals surface area contributed by atoms with Crippen LogP contribution in [0.25, 0.3) is 0 Å². The van der Waals surface area contributed by atoms with Crippen LogP contribution in [-0.4, -0.2) is 43.6 Å². The van der Waals surface area contributed by atoms with Gasteiger partial charge in [0.25, 0.3) is 0 Å². The lowest BCUT2D eigenvalue weighted by Gasteiger charge is -2.25. The van der Waals surface area contributed by atoms with Crippen LogP contribution in [0, 0.1) is 0 Å². The minimum Gasteiger partial charge on any atom is -0.395 e. The van der Waals surface area contributed by atoms with Crippen LogP contribution in [0.15, 0.2) is 29.2 Å². The van der Waals surface area contributed by atoms with E-state index in [0.29, 0.717) is 0 Å². The van der Waals surface area contributed by atoms with Gasteiger partial charge in [-0.25, -0.2) is 8.42 Å². The van der Waals surface area contributed by atoms with Gasteiger partial charge < -0.3 is 10.4 Å². The molecule has 0 radical (unpaired) electrons. The highest BCUT2D eigenvalue weighted by Gasteiger charge is 2.26. The molecule has 0 bridgehead atoms. The molecule has 1 aromatic carbocycles. The summed E-state index contributed by atoms with van der Waals surface area (Å²) in [6, 6.07) is 6.92. The molecule has 1 aromatic rings. The van der Waals surface area contributed by atoms with Gasteiger partial charge in [-0.3, -0.25) is 0 Å². The van der Waals surface area contributed by atoms with E-state index in [4.69, 9.17) is 5.11 Å². The Hall–Kier alpha value is -0.950. The van der Waals surface area contributed by atoms with E-state index >= 15 is 0 Å². The summed E-state index contributed by atoms with van der Waals surface area (Å²) in [5.74, 6) is 0. The number of sulfonamides is 1. The van der Waals surface area contributed by atoms with Crippen molar-refractivity contribution in [3.8, 4) is 0 Å². The fourth-order valence-electron chi connectivity index (χ4n) is 2.24. The Morgan fingerprint density at radius 2 is 1.76 bits per heavy atom. The van der Waals surface area contributed by atoms with Crippen molar-refractivity contribution in [2.45, 2.75) is 44.7 Å². The van der Waals surface area contributed by atoms with E-state index in [0.717, 1.165) is 12.1 Å². The second kappa shape index (κ2) is 7.89. The van der Waals surface area contributed by atoms with Crippen LogP contribution in [0.3, 0.4) is 0 Å². The monoisotopic (exact) mass is 314 g/mol. The highest BCUT2D eigenvalue weighted by atomic mass is 32.2. The first kappa shape index (κ1) is 18.1. The largest absolute Gasteiger partial charge is 0.395 e. The van der Waals surface area contributed by atoms with Crippen LogP contribution < -0.4 is 5.32 Å². The zero-order valence-electron chi connectivity index (χ0n) is 13.2. The first-order chi connectivity index (χ1) is 9.84. The molecule has 1 unspecified atom stereocenters. The second-order valence-corrected chi connectivity index (χ2v) is 7.17. The first-order valence-corrected chi connectivity index (χ1v) is 8.74. The third kappa shape index (κ3) is 4.51. The van der Waals surface area contributed by atoms with Crippen LogP contribution in [0.5, 0.6) is 0 Å². The minimum absolute atomic E-state index is 0.107. The molecule has 21 heavy (non-hydrogen) atoms. The lowest BCUT2D eigenvalue weighted by Crippen LogP contribution is -2.38. The molecule has 5 nitrogen and oxygen atoms in total. The van der Waals surface area contributed by atoms with E-state index in [9.17, 15) is 8.42 Å². The first-order valence-electron chi connectivity index (χ1n) is 7.30. The zero-order chi connectivity index (χ0) is 16.0. The van der Waals surface area contributed by atoms with Crippen molar-refractivity contribution in [3.05, 3.63) is 29.8 Å². The molecule has 0 aliphatic heterocycles. The molecular weight excluding hydrogens is 288 g/mol. The van der Waals surface area contributed by atoms with Gasteiger partial charge >= 0.3 is 0 Å². The standard InChI is InChI=1S/C15H26N2O3S/c1-5-16-13(4)14-6-8-15(9-7-14)21(19,20)17(10-11-18)12(2)3/h6-9,12-13,16,18H,5,10-11H2,1-4H3. The van der Waals surface area contributed by atoms with Gasteiger partial charge in [0, 0.05) is 18.6 Å². The Morgan fingerprint density at radius 1 is 1.19 bits per heavy atom. The van der Waals surface area contributed by atoms with E-state index in [1.54, 1.807) is 26.0 Å². The molecule has 0 saturated heterocycles. The molecule has 120 valence electrons. The third-order valence-electron chi connectivity index (χ3n) is 3.39. The Balaban J connectivity index is 3.03. The summed E-state index contributed by atoms with van der Waals surface area (Å²) >= 11 is 0. The van der Waals surface area contributed by atoms with E-state index < -0.39 is 10.0 Å². The van der Waals surface area contributed by atoms with E-state index in [-0.39, 0.29) is 30.1 Å². The Morgan fingerprint density at radius 3 is 2.19 bits per heavy atom. The van der Waals surface area contributed by atoms with Crippen LogP contribution in [-0.2, 0) is 10.0 Å². The maximum atomic E-state index is 12.6. The Bertz CT molecular complexity index is 526. The van der Waals surface area contributed by atoms with Crippen LogP contribution in [0.2, 0.25) is 0 Å². The van der Waals surface area contributed by atoms with Crippen molar-refractivity contribution >= 4 is 10.0 Å². The van der Waals surface area contributed by atoms with Crippen LogP contribution >= 0.6 is 0 Å². The lowest BCUT2D eigenvalue weighted by atomic mass is 10.1. The van der Waals surface area contributed by atoms with Crippen LogP contribution in [0.4, 0.5) is 0 Å². The van der Waals surface area contributed by atoms with Crippen molar-refractivity contribution in [1.29, 1.82) is 0 Å². The van der Waals surface area contributed by atoms with Gasteiger partial charge in [0.05, 0.1) is 11.5 Å². The number of nitrogens with one attached hydrogen (secondary N) is 1. The average Bonchev–Trinajstić information content (AvgIpc) is 2.44. The van der Waals surface area contributed by atoms with Crippen molar-refractivity contribution < 1.29 is 13.5 Å². The molecule has 0 fully saturated rings. The molecule has 0 heterocycles. The predicted octanol–water partition coefficient (Wildman–Crippen LogP) is 1.75. The van der Waals surface area contributed by atoms with E-state index in [1.165, 1.54) is 4.31 Å². The third-order valence-corrected chi connectivity index (χ3v) is 5.48.